The summed E-state index contributed by atoms with van der Waals surface area (Å²) in [4.78, 5) is 8.79. The Morgan fingerprint density at radius 2 is 1.94 bits per heavy atom. The summed E-state index contributed by atoms with van der Waals surface area (Å²) < 4.78 is 2.08. The highest BCUT2D eigenvalue weighted by atomic mass is 15.0. The second-order valence-electron chi connectivity index (χ2n) is 8.75. The van der Waals surface area contributed by atoms with Gasteiger partial charge in [0.15, 0.2) is 5.65 Å². The van der Waals surface area contributed by atoms with Gasteiger partial charge in [-0.25, -0.2) is 4.98 Å². The van der Waals surface area contributed by atoms with Gasteiger partial charge in [0.25, 0.3) is 0 Å². The Labute approximate surface area is 191 Å². The van der Waals surface area contributed by atoms with Gasteiger partial charge in [-0.3, -0.25) is 4.99 Å². The van der Waals surface area contributed by atoms with Crippen molar-refractivity contribution < 1.29 is 0 Å². The van der Waals surface area contributed by atoms with E-state index in [1.807, 2.05) is 30.7 Å². The molecule has 4 heteroatoms. The van der Waals surface area contributed by atoms with Crippen LogP contribution in [0.1, 0.15) is 68.1 Å². The number of hydrogen-bond donors (Lipinski definition) is 1. The molecule has 1 N–H and O–H groups in total. The molecule has 32 heavy (non-hydrogen) atoms. The molecule has 1 aliphatic carbocycles. The quantitative estimate of drug-likeness (QED) is 0.390. The van der Waals surface area contributed by atoms with Gasteiger partial charge in [0.2, 0.25) is 0 Å². The molecule has 0 atom stereocenters. The lowest BCUT2D eigenvalue weighted by molar-refractivity contribution is 0.365. The fourth-order valence-electron chi connectivity index (χ4n) is 4.74. The van der Waals surface area contributed by atoms with Crippen LogP contribution in [0, 0.1) is 5.92 Å². The fraction of sp³-hybridized carbons (Fsp3) is 0.357. The highest BCUT2D eigenvalue weighted by molar-refractivity contribution is 5.93. The third kappa shape index (κ3) is 5.37. The first kappa shape index (κ1) is 22.1. The van der Waals surface area contributed by atoms with E-state index in [-0.39, 0.29) is 0 Å². The number of pyridine rings is 1. The summed E-state index contributed by atoms with van der Waals surface area (Å²) in [7, 11) is 0. The molecule has 1 aromatic carbocycles. The summed E-state index contributed by atoms with van der Waals surface area (Å²) in [6.45, 7) is 9.08. The van der Waals surface area contributed by atoms with Crippen LogP contribution in [0.3, 0.4) is 0 Å². The van der Waals surface area contributed by atoms with Crippen LogP contribution >= 0.6 is 0 Å². The Kier molecular flexibility index (Phi) is 7.55. The molecule has 1 fully saturated rings. The molecule has 0 amide bonds. The minimum atomic E-state index is 0.840. The lowest BCUT2D eigenvalue weighted by Crippen LogP contribution is -2.11. The van der Waals surface area contributed by atoms with Crippen LogP contribution in [0.25, 0.3) is 11.2 Å². The van der Waals surface area contributed by atoms with Crippen molar-refractivity contribution in [1.29, 1.82) is 0 Å². The van der Waals surface area contributed by atoms with Crippen LogP contribution in [0.15, 0.2) is 73.3 Å². The molecule has 4 nitrogen and oxygen atoms in total. The first-order chi connectivity index (χ1) is 15.8. The number of benzene rings is 1. The normalized spacial score (nSPS) is 15.5. The molecule has 2 aromatic heterocycles. The minimum absolute atomic E-state index is 0.840. The van der Waals surface area contributed by atoms with Crippen LogP contribution in [-0.2, 0) is 0 Å². The van der Waals surface area contributed by atoms with Gasteiger partial charge in [0, 0.05) is 48.7 Å². The topological polar surface area (TPSA) is 41.7 Å². The summed E-state index contributed by atoms with van der Waals surface area (Å²) in [6.07, 6.45) is 20.3. The molecule has 4 rings (SSSR count). The van der Waals surface area contributed by atoms with E-state index in [0.717, 1.165) is 46.1 Å². The maximum Gasteiger partial charge on any atom is 0.160 e. The number of imidazole rings is 1. The summed E-state index contributed by atoms with van der Waals surface area (Å²) in [6, 6.07) is 10.4. The number of aliphatic imine (C=N–C) groups is 1. The minimum Gasteiger partial charge on any atom is -0.382 e. The van der Waals surface area contributed by atoms with E-state index in [0.29, 0.717) is 0 Å². The largest absolute Gasteiger partial charge is 0.382 e. The summed E-state index contributed by atoms with van der Waals surface area (Å²) in [5.74, 6) is 0.840. The third-order valence-corrected chi connectivity index (χ3v) is 6.53. The molecule has 1 saturated carbocycles. The van der Waals surface area contributed by atoms with E-state index in [9.17, 15) is 0 Å². The van der Waals surface area contributed by atoms with Gasteiger partial charge in [-0.05, 0) is 29.5 Å². The number of fused-ring (bicyclic) bond motifs is 1. The van der Waals surface area contributed by atoms with Gasteiger partial charge in [0.1, 0.15) is 0 Å². The monoisotopic (exact) mass is 426 g/mol. The maximum absolute atomic E-state index is 4.58. The zero-order chi connectivity index (χ0) is 22.2. The Morgan fingerprint density at radius 3 is 2.75 bits per heavy atom. The molecule has 2 heterocycles. The van der Waals surface area contributed by atoms with Crippen molar-refractivity contribution in [3.05, 3.63) is 85.0 Å². The summed E-state index contributed by atoms with van der Waals surface area (Å²) in [5.41, 5.74) is 6.16. The zero-order valence-corrected chi connectivity index (χ0v) is 19.0. The van der Waals surface area contributed by atoms with Crippen molar-refractivity contribution in [2.24, 2.45) is 10.9 Å². The molecule has 0 spiro atoms. The second kappa shape index (κ2) is 10.9. The van der Waals surface area contributed by atoms with Crippen molar-refractivity contribution in [2.45, 2.75) is 51.4 Å². The van der Waals surface area contributed by atoms with E-state index in [1.54, 1.807) is 6.20 Å². The van der Waals surface area contributed by atoms with Gasteiger partial charge in [-0.15, -0.1) is 0 Å². The molecule has 3 aromatic rings. The fourth-order valence-corrected chi connectivity index (χ4v) is 4.74. The van der Waals surface area contributed by atoms with Crippen LogP contribution in [0.2, 0.25) is 0 Å². The molecule has 0 bridgehead atoms. The lowest BCUT2D eigenvalue weighted by atomic mass is 9.89. The summed E-state index contributed by atoms with van der Waals surface area (Å²) >= 11 is 0. The van der Waals surface area contributed by atoms with Gasteiger partial charge in [0.05, 0.1) is 5.69 Å². The molecule has 166 valence electrons. The predicted molar refractivity (Wildman–Crippen MR) is 136 cm³/mol. The molecule has 1 aliphatic rings. The van der Waals surface area contributed by atoms with Crippen molar-refractivity contribution in [1.82, 2.24) is 9.38 Å². The number of hydrogen-bond acceptors (Lipinski definition) is 3. The van der Waals surface area contributed by atoms with Crippen molar-refractivity contribution >= 4 is 23.1 Å². The van der Waals surface area contributed by atoms with Crippen LogP contribution in [-0.4, -0.2) is 22.1 Å². The number of nitrogens with one attached hydrogen (secondary N) is 1. The van der Waals surface area contributed by atoms with E-state index in [4.69, 9.17) is 0 Å². The van der Waals surface area contributed by atoms with Crippen LogP contribution in [0.5, 0.6) is 0 Å². The van der Waals surface area contributed by atoms with Gasteiger partial charge < -0.3 is 9.72 Å². The van der Waals surface area contributed by atoms with E-state index >= 15 is 0 Å². The van der Waals surface area contributed by atoms with Crippen LogP contribution < -0.4 is 5.32 Å². The number of rotatable bonds is 8. The lowest BCUT2D eigenvalue weighted by Gasteiger charge is -2.20. The Bertz CT molecular complexity index is 1080. The summed E-state index contributed by atoms with van der Waals surface area (Å²) in [5, 5.41) is 3.69. The highest BCUT2D eigenvalue weighted by Crippen LogP contribution is 2.29. The van der Waals surface area contributed by atoms with Crippen molar-refractivity contribution in [3.63, 3.8) is 0 Å². The smallest absolute Gasteiger partial charge is 0.160 e. The standard InChI is InChI=1S/C28H34N4/c1-3-29-20-24-13-9-10-14-26(24)22(2)25-19-27(28-31-17-18-32(28)21-25)30-16-15-23-11-7-5-4-6-8-12-23/h3,9-10,13-14,17-21,23,30H,1-2,4-8,11-12,15-16H2. The van der Waals surface area contributed by atoms with E-state index in [2.05, 4.69) is 57.2 Å². The average molecular weight is 427 g/mol. The Balaban J connectivity index is 1.54. The molecule has 0 radical (unpaired) electrons. The SMILES string of the molecule is C=CN=Cc1ccccc1C(=C)c1cc(NCCC2CCCCCCC2)c2nccn2c1. The number of aromatic nitrogens is 2. The Hall–Kier alpha value is -3.14. The molecule has 0 saturated heterocycles. The van der Waals surface area contributed by atoms with Crippen LogP contribution in [0.4, 0.5) is 5.69 Å². The first-order valence-electron chi connectivity index (χ1n) is 11.9. The Morgan fingerprint density at radius 1 is 1.16 bits per heavy atom. The first-order valence-corrected chi connectivity index (χ1v) is 11.9. The molecule has 0 unspecified atom stereocenters. The molecule has 0 aliphatic heterocycles. The predicted octanol–water partition coefficient (Wildman–Crippen LogP) is 7.12. The van der Waals surface area contributed by atoms with Gasteiger partial charge >= 0.3 is 0 Å². The third-order valence-electron chi connectivity index (χ3n) is 6.53. The highest BCUT2D eigenvalue weighted by Gasteiger charge is 2.14. The van der Waals surface area contributed by atoms with E-state index in [1.165, 1.54) is 51.4 Å². The zero-order valence-electron chi connectivity index (χ0n) is 19.0. The van der Waals surface area contributed by atoms with Gasteiger partial charge in [-0.2, -0.15) is 0 Å². The molecular formula is C28H34N4. The number of nitrogens with zero attached hydrogens (tertiary/aromatic N) is 3. The maximum atomic E-state index is 4.58. The number of anilines is 1. The van der Waals surface area contributed by atoms with E-state index < -0.39 is 0 Å². The van der Waals surface area contributed by atoms with Crippen molar-refractivity contribution in [2.75, 3.05) is 11.9 Å². The molecular weight excluding hydrogens is 392 g/mol. The van der Waals surface area contributed by atoms with Gasteiger partial charge in [-0.1, -0.05) is 82.4 Å². The van der Waals surface area contributed by atoms with Crippen molar-refractivity contribution in [3.8, 4) is 0 Å². The average Bonchev–Trinajstić information content (AvgIpc) is 3.27. The second-order valence-corrected chi connectivity index (χ2v) is 8.75.